The number of fused-ring (bicyclic) bond motifs is 1. The Labute approximate surface area is 235 Å². The number of nitrogens with zero attached hydrogens (tertiary/aromatic N) is 5. The molecule has 0 aliphatic carbocycles. The van der Waals surface area contributed by atoms with E-state index in [2.05, 4.69) is 17.2 Å². The quantitative estimate of drug-likeness (QED) is 0.230. The molecule has 208 valence electrons. The van der Waals surface area contributed by atoms with Crippen molar-refractivity contribution in [2.75, 3.05) is 24.5 Å². The van der Waals surface area contributed by atoms with Crippen molar-refractivity contribution in [3.63, 3.8) is 0 Å². The van der Waals surface area contributed by atoms with Gasteiger partial charge < -0.3 is 0 Å². The number of aryl methyl sites for hydroxylation is 2. The predicted octanol–water partition coefficient (Wildman–Crippen LogP) is 5.76. The number of anilines is 1. The highest BCUT2D eigenvalue weighted by molar-refractivity contribution is 7.89. The minimum Gasteiger partial charge on any atom is -0.282 e. The van der Waals surface area contributed by atoms with Crippen LogP contribution in [0.15, 0.2) is 59.8 Å². The Hall–Kier alpha value is -3.08. The molecule has 0 N–H and O–H groups in total. The molecule has 4 aromatic rings. The Bertz CT molecular complexity index is 1520. The third kappa shape index (κ3) is 6.74. The van der Waals surface area contributed by atoms with Gasteiger partial charge in [0.2, 0.25) is 10.0 Å². The summed E-state index contributed by atoms with van der Waals surface area (Å²) in [6.45, 7) is 13.9. The second-order valence-electron chi connectivity index (χ2n) is 10.8. The Morgan fingerprint density at radius 2 is 1.69 bits per heavy atom. The van der Waals surface area contributed by atoms with Crippen molar-refractivity contribution >= 4 is 42.6 Å². The third-order valence-corrected chi connectivity index (χ3v) is 9.15. The molecular weight excluding hydrogens is 530 g/mol. The van der Waals surface area contributed by atoms with Gasteiger partial charge in [0.05, 0.1) is 21.7 Å². The van der Waals surface area contributed by atoms with Crippen molar-refractivity contribution in [3.8, 4) is 0 Å². The van der Waals surface area contributed by atoms with Gasteiger partial charge in [-0.1, -0.05) is 45.1 Å². The fraction of sp³-hybridized carbons (Fsp3) is 0.414. The molecule has 2 aromatic carbocycles. The first-order valence-corrected chi connectivity index (χ1v) is 15.5. The molecule has 0 unspecified atom stereocenters. The smallest absolute Gasteiger partial charge is 0.260 e. The van der Waals surface area contributed by atoms with Gasteiger partial charge in [-0.15, -0.1) is 0 Å². The number of amides is 1. The maximum absolute atomic E-state index is 13.8. The maximum Gasteiger partial charge on any atom is 0.260 e. The van der Waals surface area contributed by atoms with E-state index in [4.69, 9.17) is 4.98 Å². The zero-order valence-corrected chi connectivity index (χ0v) is 25.1. The van der Waals surface area contributed by atoms with Gasteiger partial charge in [-0.05, 0) is 73.2 Å². The van der Waals surface area contributed by atoms with Gasteiger partial charge in [-0.25, -0.2) is 13.4 Å². The van der Waals surface area contributed by atoms with E-state index in [0.29, 0.717) is 36.9 Å². The molecule has 0 fully saturated rings. The van der Waals surface area contributed by atoms with Gasteiger partial charge in [-0.3, -0.25) is 14.4 Å². The first-order valence-electron chi connectivity index (χ1n) is 13.2. The average Bonchev–Trinajstić information content (AvgIpc) is 3.53. The molecule has 8 nitrogen and oxygen atoms in total. The lowest BCUT2D eigenvalue weighted by Crippen LogP contribution is -2.37. The molecule has 0 saturated heterocycles. The molecule has 0 atom stereocenters. The molecule has 0 aliphatic heterocycles. The molecule has 2 aromatic heterocycles. The molecular formula is C29H37N5O3S2. The van der Waals surface area contributed by atoms with Crippen molar-refractivity contribution in [1.82, 2.24) is 19.1 Å². The molecule has 2 heterocycles. The predicted molar refractivity (Wildman–Crippen MR) is 158 cm³/mol. The van der Waals surface area contributed by atoms with Crippen LogP contribution < -0.4 is 4.90 Å². The van der Waals surface area contributed by atoms with Gasteiger partial charge in [0, 0.05) is 37.6 Å². The summed E-state index contributed by atoms with van der Waals surface area (Å²) >= 11 is 1.48. The Balaban J connectivity index is 1.65. The van der Waals surface area contributed by atoms with Gasteiger partial charge in [0.15, 0.2) is 5.13 Å². The van der Waals surface area contributed by atoms with Crippen molar-refractivity contribution in [2.24, 2.45) is 11.8 Å². The maximum atomic E-state index is 13.8. The molecule has 0 spiro atoms. The number of rotatable bonds is 11. The normalized spacial score (nSPS) is 12.2. The number of carbonyl (C=O) groups excluding carboxylic acids is 1. The van der Waals surface area contributed by atoms with E-state index in [9.17, 15) is 13.2 Å². The van der Waals surface area contributed by atoms with E-state index in [1.54, 1.807) is 32.2 Å². The highest BCUT2D eigenvalue weighted by atomic mass is 32.2. The van der Waals surface area contributed by atoms with Crippen molar-refractivity contribution in [2.45, 2.75) is 53.0 Å². The summed E-state index contributed by atoms with van der Waals surface area (Å²) in [5.41, 5.74) is 3.49. The number of carbonyl (C=O) groups is 1. The second kappa shape index (κ2) is 12.0. The van der Waals surface area contributed by atoms with Crippen molar-refractivity contribution in [3.05, 3.63) is 71.5 Å². The molecule has 10 heteroatoms. The van der Waals surface area contributed by atoms with Crippen LogP contribution in [0.2, 0.25) is 0 Å². The number of sulfonamides is 1. The standard InChI is InChI=1S/C29H37N5O3S2/c1-20(2)18-33(19-21(3)4)39(36,37)25-10-8-24(9-11-25)28(35)34(15-14-32-13-7-12-30-32)29-31-27-23(6)16-22(5)17-26(27)38-29/h7-13,16-17,20-21H,14-15,18-19H2,1-6H3. The number of hydrogen-bond donors (Lipinski definition) is 0. The minimum atomic E-state index is -3.69. The Kier molecular flexibility index (Phi) is 8.88. The molecule has 0 aliphatic rings. The molecule has 0 radical (unpaired) electrons. The number of benzene rings is 2. The van der Waals surface area contributed by atoms with Gasteiger partial charge >= 0.3 is 0 Å². The molecule has 0 bridgehead atoms. The average molecular weight is 568 g/mol. The molecule has 39 heavy (non-hydrogen) atoms. The Morgan fingerprint density at radius 3 is 2.28 bits per heavy atom. The molecule has 4 rings (SSSR count). The summed E-state index contributed by atoms with van der Waals surface area (Å²) in [6.07, 6.45) is 3.56. The van der Waals surface area contributed by atoms with E-state index in [1.165, 1.54) is 23.5 Å². The van der Waals surface area contributed by atoms with Crippen LogP contribution in [0.1, 0.15) is 49.2 Å². The summed E-state index contributed by atoms with van der Waals surface area (Å²) in [5, 5.41) is 4.87. The van der Waals surface area contributed by atoms with Crippen molar-refractivity contribution < 1.29 is 13.2 Å². The van der Waals surface area contributed by atoms with Crippen LogP contribution in [0, 0.1) is 25.7 Å². The van der Waals surface area contributed by atoms with Crippen LogP contribution in [0.4, 0.5) is 5.13 Å². The topological polar surface area (TPSA) is 88.4 Å². The highest BCUT2D eigenvalue weighted by Crippen LogP contribution is 2.32. The van der Waals surface area contributed by atoms with Crippen molar-refractivity contribution in [1.29, 1.82) is 0 Å². The van der Waals surface area contributed by atoms with Gasteiger partial charge in [-0.2, -0.15) is 9.40 Å². The fourth-order valence-corrected chi connectivity index (χ4v) is 7.49. The van der Waals surface area contributed by atoms with Crippen LogP contribution in [-0.4, -0.2) is 53.0 Å². The van der Waals surface area contributed by atoms with Crippen LogP contribution >= 0.6 is 11.3 Å². The summed E-state index contributed by atoms with van der Waals surface area (Å²) in [4.78, 5) is 20.5. The number of thiazole rings is 1. The minimum absolute atomic E-state index is 0.189. The zero-order chi connectivity index (χ0) is 28.3. The van der Waals surface area contributed by atoms with Gasteiger partial charge in [0.1, 0.15) is 0 Å². The monoisotopic (exact) mass is 567 g/mol. The van der Waals surface area contributed by atoms with E-state index in [-0.39, 0.29) is 22.6 Å². The van der Waals surface area contributed by atoms with E-state index >= 15 is 0 Å². The zero-order valence-electron chi connectivity index (χ0n) is 23.5. The first kappa shape index (κ1) is 28.9. The second-order valence-corrected chi connectivity index (χ2v) is 13.7. The van der Waals surface area contributed by atoms with E-state index in [1.807, 2.05) is 53.8 Å². The Morgan fingerprint density at radius 1 is 1.03 bits per heavy atom. The van der Waals surface area contributed by atoms with Crippen LogP contribution in [0.25, 0.3) is 10.2 Å². The summed E-state index contributed by atoms with van der Waals surface area (Å²) in [5.74, 6) is 0.161. The molecule has 1 amide bonds. The van der Waals surface area contributed by atoms with E-state index < -0.39 is 10.0 Å². The lowest BCUT2D eigenvalue weighted by atomic mass is 10.1. The summed E-state index contributed by atoms with van der Waals surface area (Å²) < 4.78 is 31.2. The molecule has 0 saturated carbocycles. The lowest BCUT2D eigenvalue weighted by molar-refractivity contribution is 0.0985. The van der Waals surface area contributed by atoms with Crippen LogP contribution in [-0.2, 0) is 16.6 Å². The number of hydrogen-bond acceptors (Lipinski definition) is 6. The van der Waals surface area contributed by atoms with Crippen LogP contribution in [0.3, 0.4) is 0 Å². The third-order valence-electron chi connectivity index (χ3n) is 6.28. The number of aromatic nitrogens is 3. The highest BCUT2D eigenvalue weighted by Gasteiger charge is 2.27. The SMILES string of the molecule is Cc1cc(C)c2nc(N(CCn3cccn3)C(=O)c3ccc(S(=O)(=O)N(CC(C)C)CC(C)C)cc3)sc2c1. The lowest BCUT2D eigenvalue weighted by Gasteiger charge is -2.26. The fourth-order valence-electron chi connectivity index (χ4n) is 4.55. The van der Waals surface area contributed by atoms with E-state index in [0.717, 1.165) is 21.3 Å². The van der Waals surface area contributed by atoms with Crippen LogP contribution in [0.5, 0.6) is 0 Å². The summed E-state index contributed by atoms with van der Waals surface area (Å²) in [6, 6.07) is 12.3. The largest absolute Gasteiger partial charge is 0.282 e. The van der Waals surface area contributed by atoms with Gasteiger partial charge in [0.25, 0.3) is 5.91 Å². The first-order chi connectivity index (χ1) is 18.5. The summed E-state index contributed by atoms with van der Waals surface area (Å²) in [7, 11) is -3.69.